The summed E-state index contributed by atoms with van der Waals surface area (Å²) >= 11 is 8.03. The van der Waals surface area contributed by atoms with Gasteiger partial charge < -0.3 is 4.74 Å². The molecule has 0 atom stereocenters. The van der Waals surface area contributed by atoms with E-state index >= 15 is 0 Å². The second-order valence-electron chi connectivity index (χ2n) is 4.09. The quantitative estimate of drug-likeness (QED) is 0.463. The molecule has 0 saturated heterocycles. The fourth-order valence-corrected chi connectivity index (χ4v) is 2.25. The van der Waals surface area contributed by atoms with Crippen molar-refractivity contribution in [1.82, 2.24) is 5.43 Å². The van der Waals surface area contributed by atoms with Crippen LogP contribution in [0.5, 0.6) is 5.75 Å². The first-order chi connectivity index (χ1) is 10.1. The summed E-state index contributed by atoms with van der Waals surface area (Å²) in [6.07, 6.45) is 1.58. The van der Waals surface area contributed by atoms with E-state index in [0.29, 0.717) is 10.8 Å². The van der Waals surface area contributed by atoms with E-state index in [1.807, 2.05) is 24.3 Å². The van der Waals surface area contributed by atoms with Gasteiger partial charge in [-0.15, -0.1) is 0 Å². The van der Waals surface area contributed by atoms with Gasteiger partial charge in [-0.2, -0.15) is 5.10 Å². The number of amides is 1. The average Bonchev–Trinajstić information content (AvgIpc) is 2.45. The molecule has 0 aliphatic heterocycles. The highest BCUT2D eigenvalue weighted by Crippen LogP contribution is 2.16. The fourth-order valence-electron chi connectivity index (χ4n) is 1.50. The summed E-state index contributed by atoms with van der Waals surface area (Å²) in [4.78, 5) is 11.6. The van der Waals surface area contributed by atoms with E-state index in [9.17, 15) is 4.79 Å². The van der Waals surface area contributed by atoms with Gasteiger partial charge >= 0.3 is 0 Å². The lowest BCUT2D eigenvalue weighted by molar-refractivity contribution is -0.123. The van der Waals surface area contributed by atoms with Crippen molar-refractivity contribution < 1.29 is 9.53 Å². The lowest BCUT2D eigenvalue weighted by Crippen LogP contribution is -2.24. The van der Waals surface area contributed by atoms with Gasteiger partial charge in [-0.25, -0.2) is 5.43 Å². The third-order valence-electron chi connectivity index (χ3n) is 2.42. The normalized spacial score (nSPS) is 10.6. The minimum Gasteiger partial charge on any atom is -0.484 e. The summed E-state index contributed by atoms with van der Waals surface area (Å²) in [6.45, 7) is -0.121. The van der Waals surface area contributed by atoms with Crippen molar-refractivity contribution in [3.63, 3.8) is 0 Å². The highest BCUT2D eigenvalue weighted by molar-refractivity contribution is 14.1. The summed E-state index contributed by atoms with van der Waals surface area (Å²) in [5.74, 6) is 0.205. The van der Waals surface area contributed by atoms with Crippen LogP contribution < -0.4 is 10.2 Å². The number of rotatable bonds is 5. The van der Waals surface area contributed by atoms with Gasteiger partial charge in [-0.1, -0.05) is 29.8 Å². The highest BCUT2D eigenvalue weighted by Gasteiger charge is 2.01. The number of hydrazone groups is 1. The molecule has 0 unspecified atom stereocenters. The molecular formula is C15H12ClIN2O2. The highest BCUT2D eigenvalue weighted by atomic mass is 127. The Labute approximate surface area is 141 Å². The topological polar surface area (TPSA) is 50.7 Å². The van der Waals surface area contributed by atoms with Crippen molar-refractivity contribution in [2.45, 2.75) is 0 Å². The van der Waals surface area contributed by atoms with Crippen LogP contribution in [-0.2, 0) is 4.79 Å². The van der Waals surface area contributed by atoms with Gasteiger partial charge in [0.05, 0.1) is 6.21 Å². The summed E-state index contributed by atoms with van der Waals surface area (Å²) in [5, 5.41) is 4.44. The summed E-state index contributed by atoms with van der Waals surface area (Å²) in [5.41, 5.74) is 3.32. The number of halogens is 2. The van der Waals surface area contributed by atoms with E-state index in [0.717, 1.165) is 9.13 Å². The maximum absolute atomic E-state index is 11.6. The van der Waals surface area contributed by atoms with E-state index in [2.05, 4.69) is 33.1 Å². The van der Waals surface area contributed by atoms with E-state index in [1.165, 1.54) is 0 Å². The largest absolute Gasteiger partial charge is 0.484 e. The maximum atomic E-state index is 11.6. The van der Waals surface area contributed by atoms with Gasteiger partial charge in [0.1, 0.15) is 5.75 Å². The number of carbonyl (C=O) groups is 1. The molecule has 1 amide bonds. The molecule has 2 aromatic carbocycles. The Bertz CT molecular complexity index is 662. The zero-order valence-corrected chi connectivity index (χ0v) is 13.8. The van der Waals surface area contributed by atoms with Crippen molar-refractivity contribution in [2.75, 3.05) is 6.61 Å². The molecule has 0 radical (unpaired) electrons. The van der Waals surface area contributed by atoms with Gasteiger partial charge in [0, 0.05) is 8.59 Å². The number of ether oxygens (including phenoxy) is 1. The van der Waals surface area contributed by atoms with Crippen LogP contribution in [0, 0.1) is 3.57 Å². The van der Waals surface area contributed by atoms with E-state index in [4.69, 9.17) is 16.3 Å². The number of hydrogen-bond acceptors (Lipinski definition) is 3. The second-order valence-corrected chi connectivity index (χ2v) is 5.78. The molecular weight excluding hydrogens is 403 g/mol. The van der Waals surface area contributed by atoms with Crippen LogP contribution in [0.4, 0.5) is 0 Å². The maximum Gasteiger partial charge on any atom is 0.277 e. The monoisotopic (exact) mass is 414 g/mol. The van der Waals surface area contributed by atoms with Gasteiger partial charge in [0.15, 0.2) is 6.61 Å². The molecule has 0 spiro atoms. The molecule has 21 heavy (non-hydrogen) atoms. The molecule has 0 fully saturated rings. The van der Waals surface area contributed by atoms with Crippen molar-refractivity contribution in [3.8, 4) is 5.75 Å². The molecule has 4 nitrogen and oxygen atoms in total. The summed E-state index contributed by atoms with van der Waals surface area (Å²) in [7, 11) is 0. The first kappa shape index (κ1) is 15.8. The van der Waals surface area contributed by atoms with Crippen LogP contribution in [0.3, 0.4) is 0 Å². The third kappa shape index (κ3) is 5.73. The van der Waals surface area contributed by atoms with Crippen LogP contribution >= 0.6 is 34.2 Å². The minimum atomic E-state index is -0.336. The number of carbonyl (C=O) groups excluding carboxylic acids is 1. The second kappa shape index (κ2) is 7.99. The predicted molar refractivity (Wildman–Crippen MR) is 91.8 cm³/mol. The van der Waals surface area contributed by atoms with Gasteiger partial charge in [-0.3, -0.25) is 4.79 Å². The molecule has 0 saturated carbocycles. The molecule has 0 aliphatic carbocycles. The zero-order chi connectivity index (χ0) is 15.1. The van der Waals surface area contributed by atoms with Gasteiger partial charge in [-0.05, 0) is 58.5 Å². The molecule has 6 heteroatoms. The van der Waals surface area contributed by atoms with Crippen LogP contribution in [0.25, 0.3) is 0 Å². The van der Waals surface area contributed by atoms with Crippen LogP contribution in [0.15, 0.2) is 53.6 Å². The number of nitrogens with zero attached hydrogens (tertiary/aromatic N) is 1. The van der Waals surface area contributed by atoms with Crippen molar-refractivity contribution in [1.29, 1.82) is 0 Å². The molecule has 1 N–H and O–H groups in total. The molecule has 2 rings (SSSR count). The Hall–Kier alpha value is -1.60. The molecule has 0 bridgehead atoms. The van der Waals surface area contributed by atoms with E-state index in [-0.39, 0.29) is 12.5 Å². The first-order valence-corrected chi connectivity index (χ1v) is 7.55. The van der Waals surface area contributed by atoms with Crippen molar-refractivity contribution in [3.05, 3.63) is 62.7 Å². The van der Waals surface area contributed by atoms with Gasteiger partial charge in [0.25, 0.3) is 5.91 Å². The molecule has 0 heterocycles. The lowest BCUT2D eigenvalue weighted by Gasteiger charge is -2.04. The standard InChI is InChI=1S/C15H12ClIN2O2/c16-12-4-2-6-14(8-12)21-10-15(20)19-18-9-11-3-1-5-13(17)7-11/h1-9H,10H2,(H,19,20)/b18-9+. The fraction of sp³-hybridized carbons (Fsp3) is 0.0667. The minimum absolute atomic E-state index is 0.121. The third-order valence-corrected chi connectivity index (χ3v) is 3.32. The molecule has 0 aromatic heterocycles. The predicted octanol–water partition coefficient (Wildman–Crippen LogP) is 3.47. The zero-order valence-electron chi connectivity index (χ0n) is 10.9. The average molecular weight is 415 g/mol. The van der Waals surface area contributed by atoms with E-state index in [1.54, 1.807) is 30.5 Å². The first-order valence-electron chi connectivity index (χ1n) is 6.09. The summed E-state index contributed by atoms with van der Waals surface area (Å²) < 4.78 is 6.40. The molecule has 108 valence electrons. The molecule has 2 aromatic rings. The summed E-state index contributed by atoms with van der Waals surface area (Å²) in [6, 6.07) is 14.6. The number of benzene rings is 2. The number of nitrogens with one attached hydrogen (secondary N) is 1. The SMILES string of the molecule is O=C(COc1cccc(Cl)c1)N/N=C/c1cccc(I)c1. The van der Waals surface area contributed by atoms with Crippen molar-refractivity contribution >= 4 is 46.3 Å². The lowest BCUT2D eigenvalue weighted by atomic mass is 10.2. The Morgan fingerprint density at radius 3 is 2.86 bits per heavy atom. The Morgan fingerprint density at radius 2 is 2.10 bits per heavy atom. The Morgan fingerprint density at radius 1 is 1.29 bits per heavy atom. The Balaban J connectivity index is 1.80. The van der Waals surface area contributed by atoms with Crippen molar-refractivity contribution in [2.24, 2.45) is 5.10 Å². The molecule has 0 aliphatic rings. The van der Waals surface area contributed by atoms with E-state index < -0.39 is 0 Å². The smallest absolute Gasteiger partial charge is 0.277 e. The van der Waals surface area contributed by atoms with Crippen LogP contribution in [0.1, 0.15) is 5.56 Å². The van der Waals surface area contributed by atoms with Gasteiger partial charge in [0.2, 0.25) is 0 Å². The van der Waals surface area contributed by atoms with Crippen LogP contribution in [0.2, 0.25) is 5.02 Å². The van der Waals surface area contributed by atoms with Crippen LogP contribution in [-0.4, -0.2) is 18.7 Å². The number of hydrogen-bond donors (Lipinski definition) is 1. The Kier molecular flexibility index (Phi) is 6.01.